The van der Waals surface area contributed by atoms with Gasteiger partial charge in [0.1, 0.15) is 5.92 Å². The zero-order valence-corrected chi connectivity index (χ0v) is 10.3. The molecule has 0 unspecified atom stereocenters. The molecule has 4 heteroatoms. The van der Waals surface area contributed by atoms with Crippen LogP contribution in [0.15, 0.2) is 24.3 Å². The van der Waals surface area contributed by atoms with Gasteiger partial charge in [-0.2, -0.15) is 0 Å². The molecule has 1 heterocycles. The summed E-state index contributed by atoms with van der Waals surface area (Å²) in [5.74, 6) is -0.798. The van der Waals surface area contributed by atoms with Gasteiger partial charge in [0.05, 0.1) is 6.54 Å². The van der Waals surface area contributed by atoms with E-state index in [1.54, 1.807) is 16.8 Å². The largest absolute Gasteiger partial charge is 0.314 e. The van der Waals surface area contributed by atoms with Crippen molar-refractivity contribution in [2.24, 2.45) is 0 Å². The summed E-state index contributed by atoms with van der Waals surface area (Å²) in [4.78, 5) is 27.5. The van der Waals surface area contributed by atoms with E-state index >= 15 is 0 Å². The fourth-order valence-electron chi connectivity index (χ4n) is 2.20. The minimum atomic E-state index is -0.626. The number of rotatable bonds is 3. The van der Waals surface area contributed by atoms with Crippen molar-refractivity contribution in [3.63, 3.8) is 0 Å². The number of amides is 1. The van der Waals surface area contributed by atoms with Crippen molar-refractivity contribution in [2.45, 2.75) is 5.92 Å². The van der Waals surface area contributed by atoms with Crippen molar-refractivity contribution < 1.29 is 9.59 Å². The Bertz CT molecular complexity index is 468. The lowest BCUT2D eigenvalue weighted by atomic mass is 9.96. The van der Waals surface area contributed by atoms with E-state index in [1.165, 1.54) is 0 Å². The van der Waals surface area contributed by atoms with Gasteiger partial charge in [0, 0.05) is 12.7 Å². The number of nitrogens with zero attached hydrogens (tertiary/aromatic N) is 2. The zero-order valence-electron chi connectivity index (χ0n) is 10.3. The molecular formula is C13H16N2O2. The van der Waals surface area contributed by atoms with E-state index in [2.05, 4.69) is 0 Å². The standard InChI is InChI=1S/C13H16N2O2/c1-14(2)8-11(16)12-9-6-4-5-7-10(9)15(3)13(12)17/h4-7,12H,8H2,1-3H3/t12-/m1/s1. The Kier molecular flexibility index (Phi) is 2.98. The van der Waals surface area contributed by atoms with E-state index in [1.807, 2.05) is 38.4 Å². The number of Topliss-reactive ketones (excluding diaryl/α,β-unsaturated/α-hetero) is 1. The molecule has 0 aliphatic carbocycles. The summed E-state index contributed by atoms with van der Waals surface area (Å²) in [5, 5.41) is 0. The molecule has 0 fully saturated rings. The molecule has 1 aliphatic heterocycles. The summed E-state index contributed by atoms with van der Waals surface area (Å²) < 4.78 is 0. The molecule has 0 saturated heterocycles. The van der Waals surface area contributed by atoms with Crippen LogP contribution in [0, 0.1) is 0 Å². The quantitative estimate of drug-likeness (QED) is 0.726. The second-order valence-corrected chi connectivity index (χ2v) is 4.59. The number of anilines is 1. The molecule has 1 aliphatic rings. The van der Waals surface area contributed by atoms with E-state index in [0.29, 0.717) is 6.54 Å². The fraction of sp³-hybridized carbons (Fsp3) is 0.385. The van der Waals surface area contributed by atoms with Gasteiger partial charge >= 0.3 is 0 Å². The van der Waals surface area contributed by atoms with E-state index in [4.69, 9.17) is 0 Å². The number of hydrogen-bond donors (Lipinski definition) is 0. The van der Waals surface area contributed by atoms with Crippen LogP contribution >= 0.6 is 0 Å². The highest BCUT2D eigenvalue weighted by Gasteiger charge is 2.39. The summed E-state index contributed by atoms with van der Waals surface area (Å²) in [6.45, 7) is 0.290. The molecule has 1 aromatic carbocycles. The molecule has 1 amide bonds. The topological polar surface area (TPSA) is 40.6 Å². The predicted molar refractivity (Wildman–Crippen MR) is 66.2 cm³/mol. The first-order chi connectivity index (χ1) is 8.02. The summed E-state index contributed by atoms with van der Waals surface area (Å²) in [6.07, 6.45) is 0. The van der Waals surface area contributed by atoms with Crippen LogP contribution in [0.3, 0.4) is 0 Å². The lowest BCUT2D eigenvalue weighted by Crippen LogP contribution is -2.33. The van der Waals surface area contributed by atoms with E-state index in [-0.39, 0.29) is 11.7 Å². The van der Waals surface area contributed by atoms with Gasteiger partial charge in [0.2, 0.25) is 5.91 Å². The summed E-state index contributed by atoms with van der Waals surface area (Å²) in [6, 6.07) is 7.47. The van der Waals surface area contributed by atoms with Gasteiger partial charge in [0.15, 0.2) is 5.78 Å². The molecule has 0 bridgehead atoms. The van der Waals surface area contributed by atoms with Crippen molar-refractivity contribution in [3.05, 3.63) is 29.8 Å². The van der Waals surface area contributed by atoms with Gasteiger partial charge in [-0.3, -0.25) is 9.59 Å². The second kappa shape index (κ2) is 4.30. The third-order valence-corrected chi connectivity index (χ3v) is 2.98. The molecule has 0 radical (unpaired) electrons. The third-order valence-electron chi connectivity index (χ3n) is 2.98. The molecule has 0 aromatic heterocycles. The Morgan fingerprint density at radius 3 is 2.65 bits per heavy atom. The van der Waals surface area contributed by atoms with Crippen LogP contribution in [-0.2, 0) is 9.59 Å². The van der Waals surface area contributed by atoms with Crippen LogP contribution in [0.2, 0.25) is 0 Å². The molecule has 17 heavy (non-hydrogen) atoms. The van der Waals surface area contributed by atoms with Gasteiger partial charge in [-0.1, -0.05) is 18.2 Å². The lowest BCUT2D eigenvalue weighted by molar-refractivity contribution is -0.128. The number of ketones is 1. The first-order valence-electron chi connectivity index (χ1n) is 5.56. The SMILES string of the molecule is CN(C)CC(=O)[C@@H]1C(=O)N(C)c2ccccc21. The maximum Gasteiger partial charge on any atom is 0.241 e. The monoisotopic (exact) mass is 232 g/mol. The molecule has 0 saturated carbocycles. The highest BCUT2D eigenvalue weighted by Crippen LogP contribution is 2.36. The number of hydrogen-bond acceptors (Lipinski definition) is 3. The van der Waals surface area contributed by atoms with Gasteiger partial charge in [-0.25, -0.2) is 0 Å². The van der Waals surface area contributed by atoms with Gasteiger partial charge in [-0.05, 0) is 25.7 Å². The number of para-hydroxylation sites is 1. The molecule has 1 aromatic rings. The van der Waals surface area contributed by atoms with Gasteiger partial charge in [-0.15, -0.1) is 0 Å². The number of carbonyl (C=O) groups is 2. The van der Waals surface area contributed by atoms with Crippen LogP contribution in [0.4, 0.5) is 5.69 Å². The van der Waals surface area contributed by atoms with E-state index < -0.39 is 5.92 Å². The van der Waals surface area contributed by atoms with Crippen LogP contribution in [0.1, 0.15) is 11.5 Å². The molecule has 0 spiro atoms. The highest BCUT2D eigenvalue weighted by atomic mass is 16.2. The first-order valence-corrected chi connectivity index (χ1v) is 5.56. The number of benzene rings is 1. The van der Waals surface area contributed by atoms with Gasteiger partial charge < -0.3 is 9.80 Å². The van der Waals surface area contributed by atoms with Crippen molar-refractivity contribution in [3.8, 4) is 0 Å². The Morgan fingerprint density at radius 2 is 2.00 bits per heavy atom. The van der Waals surface area contributed by atoms with Crippen molar-refractivity contribution in [1.29, 1.82) is 0 Å². The average Bonchev–Trinajstić information content (AvgIpc) is 2.51. The van der Waals surface area contributed by atoms with Crippen LogP contribution in [0.25, 0.3) is 0 Å². The maximum absolute atomic E-state index is 12.1. The van der Waals surface area contributed by atoms with Crippen molar-refractivity contribution in [1.82, 2.24) is 4.90 Å². The van der Waals surface area contributed by atoms with Crippen LogP contribution in [-0.4, -0.2) is 44.3 Å². The van der Waals surface area contributed by atoms with Crippen LogP contribution < -0.4 is 4.90 Å². The summed E-state index contributed by atoms with van der Waals surface area (Å²) in [5.41, 5.74) is 1.67. The Labute approximate surface area is 101 Å². The van der Waals surface area contributed by atoms with E-state index in [0.717, 1.165) is 11.3 Å². The van der Waals surface area contributed by atoms with Crippen molar-refractivity contribution in [2.75, 3.05) is 32.6 Å². The lowest BCUT2D eigenvalue weighted by Gasteiger charge is -2.13. The normalized spacial score (nSPS) is 18.7. The first kappa shape index (κ1) is 11.8. The Hall–Kier alpha value is -1.68. The van der Waals surface area contributed by atoms with Crippen molar-refractivity contribution >= 4 is 17.4 Å². The second-order valence-electron chi connectivity index (χ2n) is 4.59. The zero-order chi connectivity index (χ0) is 12.6. The molecule has 1 atom stereocenters. The smallest absolute Gasteiger partial charge is 0.241 e. The third kappa shape index (κ3) is 1.96. The molecule has 90 valence electrons. The Morgan fingerprint density at radius 1 is 1.35 bits per heavy atom. The Balaban J connectivity index is 2.36. The highest BCUT2D eigenvalue weighted by molar-refractivity contribution is 6.18. The number of likely N-dealkylation sites (N-methyl/N-ethyl adjacent to an activating group) is 2. The van der Waals surface area contributed by atoms with Gasteiger partial charge in [0.25, 0.3) is 0 Å². The maximum atomic E-state index is 12.1. The van der Waals surface area contributed by atoms with E-state index in [9.17, 15) is 9.59 Å². The molecule has 0 N–H and O–H groups in total. The fourth-order valence-corrected chi connectivity index (χ4v) is 2.20. The summed E-state index contributed by atoms with van der Waals surface area (Å²) >= 11 is 0. The number of carbonyl (C=O) groups excluding carboxylic acids is 2. The average molecular weight is 232 g/mol. The molecular weight excluding hydrogens is 216 g/mol. The minimum absolute atomic E-state index is 0.0446. The minimum Gasteiger partial charge on any atom is -0.314 e. The van der Waals surface area contributed by atoms with Crippen LogP contribution in [0.5, 0.6) is 0 Å². The molecule has 4 nitrogen and oxygen atoms in total. The molecule has 2 rings (SSSR count). The summed E-state index contributed by atoms with van der Waals surface area (Å²) in [7, 11) is 5.37. The number of fused-ring (bicyclic) bond motifs is 1. The predicted octanol–water partition coefficient (Wildman–Crippen LogP) is 0.877.